The van der Waals surface area contributed by atoms with Gasteiger partial charge < -0.3 is 14.8 Å². The first-order valence-corrected chi connectivity index (χ1v) is 4.53. The number of rotatable bonds is 3. The lowest BCUT2D eigenvalue weighted by Gasteiger charge is -2.07. The number of nitrogens with zero attached hydrogens (tertiary/aromatic N) is 1. The van der Waals surface area contributed by atoms with Crippen molar-refractivity contribution in [2.75, 3.05) is 7.11 Å². The van der Waals surface area contributed by atoms with Crippen molar-refractivity contribution >= 4 is 18.6 Å². The Balaban J connectivity index is 3.16. The third-order valence-corrected chi connectivity index (χ3v) is 2.08. The average molecular weight is 209 g/mol. The van der Waals surface area contributed by atoms with Crippen LogP contribution in [0, 0.1) is 0 Å². The summed E-state index contributed by atoms with van der Waals surface area (Å²) < 4.78 is 4.48. The fourth-order valence-electron chi connectivity index (χ4n) is 1.25. The standard InChI is InChI=1S/C9H12BNO4/c1-3-6-5-11-8(9(12)15-2)4-7(6)10(13)14/h4-5,13-14H,3H2,1-2H3. The van der Waals surface area contributed by atoms with Crippen LogP contribution in [-0.2, 0) is 11.2 Å². The number of carbonyl (C=O) groups is 1. The molecule has 0 unspecified atom stereocenters. The average Bonchev–Trinajstić information content (AvgIpc) is 2.27. The van der Waals surface area contributed by atoms with Crippen LogP contribution in [0.25, 0.3) is 0 Å². The quantitative estimate of drug-likeness (QED) is 0.498. The Morgan fingerprint density at radius 1 is 1.60 bits per heavy atom. The molecule has 1 heterocycles. The van der Waals surface area contributed by atoms with Crippen molar-refractivity contribution in [1.29, 1.82) is 0 Å². The molecule has 15 heavy (non-hydrogen) atoms. The van der Waals surface area contributed by atoms with Gasteiger partial charge in [0.2, 0.25) is 0 Å². The SMILES string of the molecule is CCc1cnc(C(=O)OC)cc1B(O)O. The van der Waals surface area contributed by atoms with Crippen molar-refractivity contribution < 1.29 is 19.6 Å². The normalized spacial score (nSPS) is 9.87. The van der Waals surface area contributed by atoms with Crippen LogP contribution in [0.15, 0.2) is 12.3 Å². The largest absolute Gasteiger partial charge is 0.488 e. The van der Waals surface area contributed by atoms with Crippen LogP contribution < -0.4 is 5.46 Å². The number of pyridine rings is 1. The molecule has 1 rings (SSSR count). The topological polar surface area (TPSA) is 79.7 Å². The highest BCUT2D eigenvalue weighted by molar-refractivity contribution is 6.59. The summed E-state index contributed by atoms with van der Waals surface area (Å²) in [5.41, 5.74) is 1.04. The highest BCUT2D eigenvalue weighted by Gasteiger charge is 2.18. The van der Waals surface area contributed by atoms with E-state index in [1.807, 2.05) is 6.92 Å². The van der Waals surface area contributed by atoms with E-state index in [-0.39, 0.29) is 11.2 Å². The van der Waals surface area contributed by atoms with Gasteiger partial charge in [-0.1, -0.05) is 6.92 Å². The van der Waals surface area contributed by atoms with Gasteiger partial charge in [-0.2, -0.15) is 0 Å². The first-order chi connectivity index (χ1) is 7.10. The first kappa shape index (κ1) is 11.7. The molecule has 0 spiro atoms. The zero-order valence-electron chi connectivity index (χ0n) is 8.60. The maximum atomic E-state index is 11.1. The molecule has 2 N–H and O–H groups in total. The summed E-state index contributed by atoms with van der Waals surface area (Å²) in [5, 5.41) is 18.2. The summed E-state index contributed by atoms with van der Waals surface area (Å²) in [6.45, 7) is 1.86. The molecule has 0 bridgehead atoms. The second-order valence-corrected chi connectivity index (χ2v) is 2.99. The third kappa shape index (κ3) is 2.54. The highest BCUT2D eigenvalue weighted by Crippen LogP contribution is 2.01. The van der Waals surface area contributed by atoms with Crippen molar-refractivity contribution in [2.45, 2.75) is 13.3 Å². The van der Waals surface area contributed by atoms with Crippen molar-refractivity contribution in [2.24, 2.45) is 0 Å². The molecule has 1 aromatic rings. The molecule has 0 saturated carbocycles. The Kier molecular flexibility index (Phi) is 3.82. The Bertz CT molecular complexity index is 367. The molecule has 5 nitrogen and oxygen atoms in total. The summed E-state index contributed by atoms with van der Waals surface area (Å²) in [4.78, 5) is 15.0. The third-order valence-electron chi connectivity index (χ3n) is 2.08. The molecule has 0 amide bonds. The molecule has 1 aromatic heterocycles. The predicted octanol–water partition coefficient (Wildman–Crippen LogP) is -0.890. The summed E-state index contributed by atoms with van der Waals surface area (Å²) in [6.07, 6.45) is 2.06. The molecule has 6 heteroatoms. The monoisotopic (exact) mass is 209 g/mol. The lowest BCUT2D eigenvalue weighted by atomic mass is 9.77. The van der Waals surface area contributed by atoms with Crippen molar-refractivity contribution in [3.63, 3.8) is 0 Å². The molecule has 0 radical (unpaired) electrons. The van der Waals surface area contributed by atoms with Crippen LogP contribution in [0.3, 0.4) is 0 Å². The number of methoxy groups -OCH3 is 1. The number of hydrogen-bond acceptors (Lipinski definition) is 5. The van der Waals surface area contributed by atoms with Gasteiger partial charge in [0.25, 0.3) is 0 Å². The molecule has 0 aliphatic carbocycles. The maximum absolute atomic E-state index is 11.1. The van der Waals surface area contributed by atoms with Crippen LogP contribution in [0.4, 0.5) is 0 Å². The van der Waals surface area contributed by atoms with Crippen LogP contribution >= 0.6 is 0 Å². The van der Waals surface area contributed by atoms with E-state index in [0.717, 1.165) is 0 Å². The minimum Gasteiger partial charge on any atom is -0.464 e. The van der Waals surface area contributed by atoms with Crippen molar-refractivity contribution in [1.82, 2.24) is 4.98 Å². The smallest absolute Gasteiger partial charge is 0.464 e. The predicted molar refractivity (Wildman–Crippen MR) is 54.8 cm³/mol. The summed E-state index contributed by atoms with van der Waals surface area (Å²) >= 11 is 0. The van der Waals surface area contributed by atoms with E-state index in [0.29, 0.717) is 12.0 Å². The van der Waals surface area contributed by atoms with Crippen LogP contribution in [-0.4, -0.2) is 35.2 Å². The first-order valence-electron chi connectivity index (χ1n) is 4.53. The van der Waals surface area contributed by atoms with Gasteiger partial charge in [0.15, 0.2) is 0 Å². The van der Waals surface area contributed by atoms with E-state index in [1.165, 1.54) is 19.4 Å². The molecule has 0 atom stereocenters. The van der Waals surface area contributed by atoms with Gasteiger partial charge in [-0.3, -0.25) is 0 Å². The second kappa shape index (κ2) is 4.90. The lowest BCUT2D eigenvalue weighted by molar-refractivity contribution is 0.0594. The van der Waals surface area contributed by atoms with Gasteiger partial charge in [0.1, 0.15) is 5.69 Å². The summed E-state index contributed by atoms with van der Waals surface area (Å²) in [5.74, 6) is -0.598. The number of hydrogen-bond donors (Lipinski definition) is 2. The van der Waals surface area contributed by atoms with Crippen LogP contribution in [0.2, 0.25) is 0 Å². The van der Waals surface area contributed by atoms with E-state index in [4.69, 9.17) is 10.0 Å². The Labute approximate surface area is 87.9 Å². The lowest BCUT2D eigenvalue weighted by Crippen LogP contribution is -2.34. The van der Waals surface area contributed by atoms with Gasteiger partial charge >= 0.3 is 13.1 Å². The molecule has 0 aliphatic rings. The summed E-state index contributed by atoms with van der Waals surface area (Å²) in [6, 6.07) is 1.33. The molecule has 0 saturated heterocycles. The van der Waals surface area contributed by atoms with E-state index >= 15 is 0 Å². The Hall–Kier alpha value is -1.40. The highest BCUT2D eigenvalue weighted by atomic mass is 16.5. The molecular formula is C9H12BNO4. The van der Waals surface area contributed by atoms with E-state index in [2.05, 4.69) is 9.72 Å². The molecule has 80 valence electrons. The Morgan fingerprint density at radius 2 is 2.27 bits per heavy atom. The van der Waals surface area contributed by atoms with Gasteiger partial charge in [0.05, 0.1) is 7.11 Å². The van der Waals surface area contributed by atoms with Crippen molar-refractivity contribution in [3.05, 3.63) is 23.5 Å². The molecule has 0 aromatic carbocycles. The molecule has 0 aliphatic heterocycles. The number of ether oxygens (including phenoxy) is 1. The second-order valence-electron chi connectivity index (χ2n) is 2.99. The van der Waals surface area contributed by atoms with E-state index in [1.54, 1.807) is 0 Å². The van der Waals surface area contributed by atoms with Crippen LogP contribution in [0.5, 0.6) is 0 Å². The Morgan fingerprint density at radius 3 is 2.73 bits per heavy atom. The fraction of sp³-hybridized carbons (Fsp3) is 0.333. The van der Waals surface area contributed by atoms with Gasteiger partial charge in [-0.25, -0.2) is 9.78 Å². The van der Waals surface area contributed by atoms with Gasteiger partial charge in [0, 0.05) is 6.20 Å². The number of aryl methyl sites for hydroxylation is 1. The van der Waals surface area contributed by atoms with Gasteiger partial charge in [-0.05, 0) is 23.5 Å². The summed E-state index contributed by atoms with van der Waals surface area (Å²) in [7, 11) is -0.362. The van der Waals surface area contributed by atoms with Gasteiger partial charge in [-0.15, -0.1) is 0 Å². The fourth-order valence-corrected chi connectivity index (χ4v) is 1.25. The number of esters is 1. The van der Waals surface area contributed by atoms with E-state index in [9.17, 15) is 4.79 Å². The zero-order chi connectivity index (χ0) is 11.4. The number of carbonyl (C=O) groups excluding carboxylic acids is 1. The number of aromatic nitrogens is 1. The van der Waals surface area contributed by atoms with E-state index < -0.39 is 13.1 Å². The van der Waals surface area contributed by atoms with Crippen molar-refractivity contribution in [3.8, 4) is 0 Å². The zero-order valence-corrected chi connectivity index (χ0v) is 8.60. The molecular weight excluding hydrogens is 197 g/mol. The minimum absolute atomic E-state index is 0.0674. The minimum atomic E-state index is -1.61. The maximum Gasteiger partial charge on any atom is 0.488 e. The van der Waals surface area contributed by atoms with Crippen LogP contribution in [0.1, 0.15) is 23.0 Å². The molecule has 0 fully saturated rings.